The van der Waals surface area contributed by atoms with Crippen LogP contribution in [0.25, 0.3) is 0 Å². The maximum Gasteiger partial charge on any atom is 0.237 e. The highest BCUT2D eigenvalue weighted by atomic mass is 32.1. The Morgan fingerprint density at radius 2 is 2.31 bits per heavy atom. The number of nitrogens with one attached hydrogen (secondary N) is 2. The summed E-state index contributed by atoms with van der Waals surface area (Å²) in [5.74, 6) is -0.200. The van der Waals surface area contributed by atoms with Gasteiger partial charge in [0.1, 0.15) is 5.01 Å². The van der Waals surface area contributed by atoms with Gasteiger partial charge in [-0.2, -0.15) is 11.3 Å². The Kier molecular flexibility index (Phi) is 6.05. The predicted octanol–water partition coefficient (Wildman–Crippen LogP) is 2.04. The van der Waals surface area contributed by atoms with Crippen LogP contribution in [0.1, 0.15) is 33.6 Å². The van der Waals surface area contributed by atoms with Crippen molar-refractivity contribution < 1.29 is 9.59 Å². The molecule has 26 heavy (non-hydrogen) atoms. The highest BCUT2D eigenvalue weighted by Crippen LogP contribution is 2.26. The maximum atomic E-state index is 12.7. The smallest absolute Gasteiger partial charge is 0.237 e. The first-order valence-electron chi connectivity index (χ1n) is 8.66. The largest absolute Gasteiger partial charge is 0.353 e. The number of amides is 2. The molecule has 0 aliphatic carbocycles. The lowest BCUT2D eigenvalue weighted by Gasteiger charge is -2.31. The van der Waals surface area contributed by atoms with Crippen LogP contribution in [0.3, 0.4) is 0 Å². The molecule has 0 radical (unpaired) electrons. The van der Waals surface area contributed by atoms with Crippen LogP contribution in [0.4, 0.5) is 0 Å². The first kappa shape index (κ1) is 19.0. The molecule has 8 heteroatoms. The maximum absolute atomic E-state index is 12.7. The third-order valence-corrected chi connectivity index (χ3v) is 6.59. The van der Waals surface area contributed by atoms with Crippen molar-refractivity contribution in [3.63, 3.8) is 0 Å². The number of carbonyl (C=O) groups is 2. The average molecular weight is 393 g/mol. The highest BCUT2D eigenvalue weighted by Gasteiger charge is 2.30. The number of hydrogen-bond donors (Lipinski definition) is 2. The van der Waals surface area contributed by atoms with Crippen LogP contribution in [0.2, 0.25) is 0 Å². The Morgan fingerprint density at radius 3 is 2.92 bits per heavy atom. The van der Waals surface area contributed by atoms with Crippen LogP contribution in [0, 0.1) is 13.8 Å². The van der Waals surface area contributed by atoms with Crippen molar-refractivity contribution in [1.82, 2.24) is 20.5 Å². The summed E-state index contributed by atoms with van der Waals surface area (Å²) < 4.78 is 0. The summed E-state index contributed by atoms with van der Waals surface area (Å²) in [6, 6.07) is 1.48. The second kappa shape index (κ2) is 8.28. The Morgan fingerprint density at radius 1 is 1.50 bits per heavy atom. The summed E-state index contributed by atoms with van der Waals surface area (Å²) >= 11 is 3.27. The summed E-state index contributed by atoms with van der Waals surface area (Å²) in [5.41, 5.74) is 2.18. The summed E-state index contributed by atoms with van der Waals surface area (Å²) in [6.45, 7) is 5.42. The van der Waals surface area contributed by atoms with Gasteiger partial charge in [0, 0.05) is 24.4 Å². The Balaban J connectivity index is 1.72. The standard InChI is InChI=1S/C18H24N4O2S2/c1-11-12(2)26-18(20-11)14(8-13-4-7-25-10-13)21-16(23)9-15-17(24)19-5-6-22(15)3/h4,7,10,14-15H,5-6,8-9H2,1-3H3,(H,19,24)(H,21,23)/t14-,15-/m1/s1. The van der Waals surface area contributed by atoms with Crippen LogP contribution in [0.5, 0.6) is 0 Å². The van der Waals surface area contributed by atoms with E-state index in [1.165, 1.54) is 5.56 Å². The van der Waals surface area contributed by atoms with Crippen molar-refractivity contribution in [1.29, 1.82) is 0 Å². The van der Waals surface area contributed by atoms with Crippen molar-refractivity contribution in [3.8, 4) is 0 Å². The molecule has 2 atom stereocenters. The zero-order chi connectivity index (χ0) is 18.7. The second-order valence-corrected chi connectivity index (χ2v) is 8.66. The quantitative estimate of drug-likeness (QED) is 0.789. The molecule has 2 aromatic heterocycles. The summed E-state index contributed by atoms with van der Waals surface area (Å²) in [6.07, 6.45) is 0.861. The summed E-state index contributed by atoms with van der Waals surface area (Å²) in [7, 11) is 1.88. The molecule has 0 spiro atoms. The molecule has 0 unspecified atom stereocenters. The molecule has 1 aliphatic heterocycles. The van der Waals surface area contributed by atoms with Crippen molar-refractivity contribution in [2.45, 2.75) is 38.8 Å². The van der Waals surface area contributed by atoms with Crippen LogP contribution in [-0.4, -0.2) is 47.9 Å². The summed E-state index contributed by atoms with van der Waals surface area (Å²) in [4.78, 5) is 32.5. The molecule has 2 amide bonds. The zero-order valence-electron chi connectivity index (χ0n) is 15.2. The van der Waals surface area contributed by atoms with Gasteiger partial charge in [-0.05, 0) is 43.3 Å². The number of thiophene rings is 1. The van der Waals surface area contributed by atoms with E-state index in [9.17, 15) is 9.59 Å². The number of carbonyl (C=O) groups excluding carboxylic acids is 2. The van der Waals surface area contributed by atoms with Gasteiger partial charge in [0.25, 0.3) is 0 Å². The zero-order valence-corrected chi connectivity index (χ0v) is 16.9. The number of hydrogen-bond acceptors (Lipinski definition) is 6. The fourth-order valence-electron chi connectivity index (χ4n) is 3.00. The minimum atomic E-state index is -0.412. The fourth-order valence-corrected chi connectivity index (χ4v) is 4.65. The molecule has 0 aromatic carbocycles. The van der Waals surface area contributed by atoms with Gasteiger partial charge in [0.05, 0.1) is 24.2 Å². The van der Waals surface area contributed by atoms with Crippen LogP contribution in [-0.2, 0) is 16.0 Å². The monoisotopic (exact) mass is 392 g/mol. The molecular weight excluding hydrogens is 368 g/mol. The lowest BCUT2D eigenvalue weighted by atomic mass is 10.1. The van der Waals surface area contributed by atoms with Gasteiger partial charge in [-0.3, -0.25) is 14.5 Å². The molecule has 1 saturated heterocycles. The van der Waals surface area contributed by atoms with E-state index < -0.39 is 6.04 Å². The van der Waals surface area contributed by atoms with Gasteiger partial charge in [0.15, 0.2) is 0 Å². The fraction of sp³-hybridized carbons (Fsp3) is 0.500. The highest BCUT2D eigenvalue weighted by molar-refractivity contribution is 7.11. The molecule has 6 nitrogen and oxygen atoms in total. The van der Waals surface area contributed by atoms with E-state index in [2.05, 4.69) is 27.1 Å². The van der Waals surface area contributed by atoms with Crippen LogP contribution < -0.4 is 10.6 Å². The molecule has 2 N–H and O–H groups in total. The Hall–Kier alpha value is -1.77. The van der Waals surface area contributed by atoms with E-state index in [1.807, 2.05) is 31.2 Å². The van der Waals surface area contributed by atoms with Gasteiger partial charge in [-0.1, -0.05) is 0 Å². The topological polar surface area (TPSA) is 74.3 Å². The first-order valence-corrected chi connectivity index (χ1v) is 10.4. The Bertz CT molecular complexity index is 753. The minimum absolute atomic E-state index is 0.0794. The molecule has 2 aromatic rings. The van der Waals surface area contributed by atoms with E-state index in [4.69, 9.17) is 0 Å². The van der Waals surface area contributed by atoms with Gasteiger partial charge >= 0.3 is 0 Å². The number of nitrogens with zero attached hydrogens (tertiary/aromatic N) is 2. The normalized spacial score (nSPS) is 19.2. The third kappa shape index (κ3) is 4.49. The molecule has 1 aliphatic rings. The van der Waals surface area contributed by atoms with Gasteiger partial charge in [0.2, 0.25) is 11.8 Å². The number of piperazine rings is 1. The van der Waals surface area contributed by atoms with E-state index in [0.717, 1.165) is 22.1 Å². The van der Waals surface area contributed by atoms with Gasteiger partial charge in [-0.25, -0.2) is 4.98 Å². The molecular formula is C18H24N4O2S2. The molecule has 3 rings (SSSR count). The van der Waals surface area contributed by atoms with E-state index >= 15 is 0 Å². The molecule has 3 heterocycles. The van der Waals surface area contributed by atoms with Crippen molar-refractivity contribution in [2.75, 3.05) is 20.1 Å². The molecule has 0 bridgehead atoms. The number of aryl methyl sites for hydroxylation is 2. The van der Waals surface area contributed by atoms with Crippen molar-refractivity contribution in [2.24, 2.45) is 0 Å². The van der Waals surface area contributed by atoms with E-state index in [-0.39, 0.29) is 24.3 Å². The second-order valence-electron chi connectivity index (χ2n) is 6.64. The van der Waals surface area contributed by atoms with E-state index in [1.54, 1.807) is 22.7 Å². The lowest BCUT2D eigenvalue weighted by molar-refractivity contribution is -0.133. The van der Waals surface area contributed by atoms with Gasteiger partial charge < -0.3 is 10.6 Å². The average Bonchev–Trinajstić information content (AvgIpc) is 3.21. The van der Waals surface area contributed by atoms with Crippen molar-refractivity contribution >= 4 is 34.5 Å². The van der Waals surface area contributed by atoms with Gasteiger partial charge in [-0.15, -0.1) is 11.3 Å². The van der Waals surface area contributed by atoms with Crippen LogP contribution >= 0.6 is 22.7 Å². The minimum Gasteiger partial charge on any atom is -0.353 e. The Labute approximate surface area is 161 Å². The lowest BCUT2D eigenvalue weighted by Crippen LogP contribution is -2.55. The van der Waals surface area contributed by atoms with Crippen LogP contribution in [0.15, 0.2) is 16.8 Å². The molecule has 0 saturated carbocycles. The number of thiazole rings is 1. The SMILES string of the molecule is Cc1nc([C@@H](Cc2ccsc2)NC(=O)C[C@@H]2C(=O)NCCN2C)sc1C. The molecule has 140 valence electrons. The third-order valence-electron chi connectivity index (χ3n) is 4.68. The number of rotatable bonds is 6. The number of aromatic nitrogens is 1. The molecule has 1 fully saturated rings. The van der Waals surface area contributed by atoms with E-state index in [0.29, 0.717) is 13.0 Å². The van der Waals surface area contributed by atoms with Crippen molar-refractivity contribution in [3.05, 3.63) is 38.0 Å². The predicted molar refractivity (Wildman–Crippen MR) is 105 cm³/mol. The number of likely N-dealkylation sites (N-methyl/N-ethyl adjacent to an activating group) is 1. The summed E-state index contributed by atoms with van der Waals surface area (Å²) in [5, 5.41) is 11.0. The first-order chi connectivity index (χ1) is 12.4.